The number of nitrogens with zero attached hydrogens (tertiary/aromatic N) is 2. The largest absolute Gasteiger partial charge is 0.375 e. The molecule has 0 bridgehead atoms. The molecule has 1 fully saturated rings. The van der Waals surface area contributed by atoms with Crippen molar-refractivity contribution in [2.24, 2.45) is 0 Å². The molecule has 2 aromatic rings. The van der Waals surface area contributed by atoms with Gasteiger partial charge >= 0.3 is 6.03 Å². The first kappa shape index (κ1) is 23.7. The first-order valence-electron chi connectivity index (χ1n) is 10.1. The maximum absolute atomic E-state index is 13.2. The van der Waals surface area contributed by atoms with Crippen LogP contribution in [-0.2, 0) is 16.1 Å². The number of urea groups is 1. The van der Waals surface area contributed by atoms with E-state index in [2.05, 4.69) is 5.32 Å². The molecule has 10 heteroatoms. The average molecular weight is 461 g/mol. The fraction of sp³-hybridized carbons (Fsp3) is 0.318. The van der Waals surface area contributed by atoms with Crippen LogP contribution in [0.4, 0.5) is 10.5 Å². The van der Waals surface area contributed by atoms with Gasteiger partial charge in [0.2, 0.25) is 5.91 Å². The first-order chi connectivity index (χ1) is 15.3. The van der Waals surface area contributed by atoms with Gasteiger partial charge in [0, 0.05) is 18.0 Å². The van der Waals surface area contributed by atoms with Crippen LogP contribution in [0.3, 0.4) is 0 Å². The Balaban J connectivity index is 1.78. The predicted molar refractivity (Wildman–Crippen MR) is 118 cm³/mol. The molecule has 4 amide bonds. The summed E-state index contributed by atoms with van der Waals surface area (Å²) in [6, 6.07) is 12.7. The Morgan fingerprint density at radius 1 is 1.12 bits per heavy atom. The Labute approximate surface area is 190 Å². The number of benzene rings is 2. The smallest absolute Gasteiger partial charge is 0.332 e. The number of anilines is 1. The molecule has 170 valence electrons. The van der Waals surface area contributed by atoms with Gasteiger partial charge < -0.3 is 20.5 Å². The minimum Gasteiger partial charge on any atom is -0.375 e. The van der Waals surface area contributed by atoms with Crippen molar-refractivity contribution in [1.82, 2.24) is 15.7 Å². The number of hydroxylamine groups is 1. The first-order valence-corrected chi connectivity index (χ1v) is 10.5. The number of aryl methyl sites for hydroxylation is 1. The summed E-state index contributed by atoms with van der Waals surface area (Å²) in [6.45, 7) is 1.98. The van der Waals surface area contributed by atoms with Crippen molar-refractivity contribution in [3.8, 4) is 0 Å². The van der Waals surface area contributed by atoms with E-state index in [0.717, 1.165) is 16.0 Å². The van der Waals surface area contributed by atoms with E-state index in [0.29, 0.717) is 10.7 Å². The van der Waals surface area contributed by atoms with Crippen molar-refractivity contribution in [3.05, 3.63) is 64.7 Å². The molecule has 4 N–H and O–H groups in total. The number of imide groups is 1. The molecule has 2 aromatic carbocycles. The van der Waals surface area contributed by atoms with Gasteiger partial charge in [-0.2, -0.15) is 5.48 Å². The second kappa shape index (κ2) is 10.6. The highest BCUT2D eigenvalue weighted by molar-refractivity contribution is 6.30. The summed E-state index contributed by atoms with van der Waals surface area (Å²) < 4.78 is 0. The predicted octanol–water partition coefficient (Wildman–Crippen LogP) is 2.18. The summed E-state index contributed by atoms with van der Waals surface area (Å²) in [6.07, 6.45) is -1.23. The second-order valence-electron chi connectivity index (χ2n) is 7.55. The third-order valence-corrected chi connectivity index (χ3v) is 5.42. The van der Waals surface area contributed by atoms with Crippen molar-refractivity contribution in [2.75, 3.05) is 11.4 Å². The van der Waals surface area contributed by atoms with E-state index < -0.39 is 30.1 Å². The van der Waals surface area contributed by atoms with Crippen molar-refractivity contribution in [2.45, 2.75) is 38.6 Å². The Morgan fingerprint density at radius 3 is 2.41 bits per heavy atom. The molecule has 1 heterocycles. The maximum atomic E-state index is 13.2. The summed E-state index contributed by atoms with van der Waals surface area (Å²) in [4.78, 5) is 41.1. The van der Waals surface area contributed by atoms with Crippen LogP contribution in [0.5, 0.6) is 0 Å². The molecule has 0 aliphatic carbocycles. The van der Waals surface area contributed by atoms with Crippen LogP contribution in [0.15, 0.2) is 48.5 Å². The average Bonchev–Trinajstić information content (AvgIpc) is 3.01. The summed E-state index contributed by atoms with van der Waals surface area (Å²) in [5, 5.41) is 20.8. The van der Waals surface area contributed by atoms with Gasteiger partial charge in [-0.1, -0.05) is 41.4 Å². The maximum Gasteiger partial charge on any atom is 0.332 e. The van der Waals surface area contributed by atoms with Gasteiger partial charge in [0.1, 0.15) is 12.3 Å². The molecule has 3 rings (SSSR count). The molecule has 2 unspecified atom stereocenters. The molecule has 0 radical (unpaired) electrons. The minimum atomic E-state index is -1.30. The van der Waals surface area contributed by atoms with Crippen LogP contribution >= 0.6 is 11.6 Å². The zero-order valence-electron chi connectivity index (χ0n) is 17.5. The van der Waals surface area contributed by atoms with Crippen LogP contribution in [0.2, 0.25) is 5.02 Å². The van der Waals surface area contributed by atoms with Gasteiger partial charge in [-0.3, -0.25) is 9.59 Å². The van der Waals surface area contributed by atoms with E-state index in [1.807, 2.05) is 31.2 Å². The van der Waals surface area contributed by atoms with E-state index in [4.69, 9.17) is 16.8 Å². The summed E-state index contributed by atoms with van der Waals surface area (Å²) in [5.74, 6) is -0.839. The van der Waals surface area contributed by atoms with Crippen LogP contribution in [-0.4, -0.2) is 51.9 Å². The molecule has 1 aliphatic rings. The number of hydrogen-bond acceptors (Lipinski definition) is 6. The standard InChI is InChI=1S/C22H25ClN4O5/c1-14-2-4-15(5-3-14)13-26-18(10-11-19(28)24-12-20(29)25-32)21(30)27(22(26)31)17-8-6-16(23)7-9-17/h2-9,18,20,25,29,32H,10-13H2,1H3,(H,24,28). The van der Waals surface area contributed by atoms with E-state index in [-0.39, 0.29) is 25.9 Å². The molecule has 9 nitrogen and oxygen atoms in total. The highest BCUT2D eigenvalue weighted by Crippen LogP contribution is 2.29. The normalized spacial score (nSPS) is 17.1. The van der Waals surface area contributed by atoms with Crippen LogP contribution in [0, 0.1) is 6.92 Å². The van der Waals surface area contributed by atoms with E-state index in [1.54, 1.807) is 29.7 Å². The molecule has 1 saturated heterocycles. The zero-order chi connectivity index (χ0) is 23.3. The molecule has 0 saturated carbocycles. The lowest BCUT2D eigenvalue weighted by atomic mass is 10.1. The Morgan fingerprint density at radius 2 is 1.78 bits per heavy atom. The lowest BCUT2D eigenvalue weighted by Gasteiger charge is -2.22. The Hall–Kier alpha value is -2.98. The fourth-order valence-corrected chi connectivity index (χ4v) is 3.55. The number of aliphatic hydroxyl groups excluding tert-OH is 1. The van der Waals surface area contributed by atoms with Crippen molar-refractivity contribution >= 4 is 35.1 Å². The molecule has 32 heavy (non-hydrogen) atoms. The van der Waals surface area contributed by atoms with Crippen LogP contribution < -0.4 is 15.7 Å². The number of aliphatic hydroxyl groups is 1. The number of nitrogens with one attached hydrogen (secondary N) is 2. The SMILES string of the molecule is Cc1ccc(CN2C(=O)N(c3ccc(Cl)cc3)C(=O)C2CCC(=O)NCC(O)NO)cc1. The summed E-state index contributed by atoms with van der Waals surface area (Å²) in [7, 11) is 0. The Kier molecular flexibility index (Phi) is 7.81. The van der Waals surface area contributed by atoms with E-state index >= 15 is 0 Å². The number of halogens is 1. The van der Waals surface area contributed by atoms with E-state index in [1.165, 1.54) is 4.90 Å². The fourth-order valence-electron chi connectivity index (χ4n) is 3.43. The van der Waals surface area contributed by atoms with Gasteiger partial charge in [-0.15, -0.1) is 0 Å². The van der Waals surface area contributed by atoms with Crippen molar-refractivity contribution < 1.29 is 24.7 Å². The highest BCUT2D eigenvalue weighted by Gasteiger charge is 2.45. The number of rotatable bonds is 9. The monoisotopic (exact) mass is 460 g/mol. The van der Waals surface area contributed by atoms with Gasteiger partial charge in [-0.05, 0) is 43.2 Å². The molecular formula is C22H25ClN4O5. The minimum absolute atomic E-state index is 0.0410. The molecule has 2 atom stereocenters. The third kappa shape index (κ3) is 5.63. The number of carbonyl (C=O) groups excluding carboxylic acids is 3. The van der Waals surface area contributed by atoms with Crippen LogP contribution in [0.1, 0.15) is 24.0 Å². The van der Waals surface area contributed by atoms with E-state index in [9.17, 15) is 19.5 Å². The summed E-state index contributed by atoms with van der Waals surface area (Å²) in [5.41, 5.74) is 3.96. The van der Waals surface area contributed by atoms with Gasteiger partial charge in [0.05, 0.1) is 12.2 Å². The third-order valence-electron chi connectivity index (χ3n) is 5.16. The Bertz CT molecular complexity index is 967. The van der Waals surface area contributed by atoms with Gasteiger partial charge in [-0.25, -0.2) is 9.69 Å². The molecule has 0 spiro atoms. The van der Waals surface area contributed by atoms with Crippen molar-refractivity contribution in [1.29, 1.82) is 0 Å². The van der Waals surface area contributed by atoms with Gasteiger partial charge in [0.15, 0.2) is 0 Å². The number of amides is 4. The quantitative estimate of drug-likeness (QED) is 0.258. The van der Waals surface area contributed by atoms with Crippen molar-refractivity contribution in [3.63, 3.8) is 0 Å². The topological polar surface area (TPSA) is 122 Å². The van der Waals surface area contributed by atoms with Crippen LogP contribution in [0.25, 0.3) is 0 Å². The molecule has 0 aromatic heterocycles. The molecule has 1 aliphatic heterocycles. The number of carbonyl (C=O) groups is 3. The highest BCUT2D eigenvalue weighted by atomic mass is 35.5. The molecular weight excluding hydrogens is 436 g/mol. The second-order valence-corrected chi connectivity index (χ2v) is 7.99. The number of hydrogen-bond donors (Lipinski definition) is 4. The summed E-state index contributed by atoms with van der Waals surface area (Å²) >= 11 is 5.93. The van der Waals surface area contributed by atoms with Gasteiger partial charge in [0.25, 0.3) is 5.91 Å². The zero-order valence-corrected chi connectivity index (χ0v) is 18.2. The lowest BCUT2D eigenvalue weighted by molar-refractivity contribution is -0.123. The lowest BCUT2D eigenvalue weighted by Crippen LogP contribution is -2.40.